The van der Waals surface area contributed by atoms with Gasteiger partial charge in [0.2, 0.25) is 0 Å². The lowest BCUT2D eigenvalue weighted by molar-refractivity contribution is 1.18. The molecule has 0 unspecified atom stereocenters. The molecule has 70 heavy (non-hydrogen) atoms. The van der Waals surface area contributed by atoms with Gasteiger partial charge in [-0.05, 0) is 150 Å². The highest BCUT2D eigenvalue weighted by atomic mass is 15.1. The second-order valence-electron chi connectivity index (χ2n) is 18.1. The Hall–Kier alpha value is -9.24. The number of hydrogen-bond acceptors (Lipinski definition) is 1. The fourth-order valence-corrected chi connectivity index (χ4v) is 10.5. The van der Waals surface area contributed by atoms with Crippen molar-refractivity contribution in [1.29, 1.82) is 0 Å². The zero-order chi connectivity index (χ0) is 46.4. The van der Waals surface area contributed by atoms with Gasteiger partial charge < -0.3 is 9.47 Å². The van der Waals surface area contributed by atoms with E-state index in [-0.39, 0.29) is 0 Å². The van der Waals surface area contributed by atoms with Gasteiger partial charge in [-0.25, -0.2) is 0 Å². The summed E-state index contributed by atoms with van der Waals surface area (Å²) in [5.41, 5.74) is 18.7. The Morgan fingerprint density at radius 2 is 0.757 bits per heavy atom. The van der Waals surface area contributed by atoms with Gasteiger partial charge in [-0.1, -0.05) is 206 Å². The van der Waals surface area contributed by atoms with E-state index in [1.54, 1.807) is 0 Å². The van der Waals surface area contributed by atoms with Crippen molar-refractivity contribution in [1.82, 2.24) is 4.57 Å². The molecule has 13 rings (SSSR count). The van der Waals surface area contributed by atoms with Crippen LogP contribution in [0.4, 0.5) is 17.1 Å². The molecular weight excluding hydrogens is 845 g/mol. The minimum Gasteiger partial charge on any atom is -0.310 e. The van der Waals surface area contributed by atoms with Crippen molar-refractivity contribution >= 4 is 60.4 Å². The van der Waals surface area contributed by atoms with E-state index < -0.39 is 0 Å². The van der Waals surface area contributed by atoms with Crippen LogP contribution in [0.3, 0.4) is 0 Å². The second kappa shape index (κ2) is 17.4. The average Bonchev–Trinajstić information content (AvgIpc) is 3.78. The lowest BCUT2D eigenvalue weighted by Crippen LogP contribution is -2.10. The van der Waals surface area contributed by atoms with Gasteiger partial charge in [0.15, 0.2) is 0 Å². The smallest absolute Gasteiger partial charge is 0.0547 e. The third-order valence-electron chi connectivity index (χ3n) is 14.0. The highest BCUT2D eigenvalue weighted by Gasteiger charge is 2.20. The van der Waals surface area contributed by atoms with Crippen molar-refractivity contribution in [3.8, 4) is 61.3 Å². The maximum Gasteiger partial charge on any atom is 0.0547 e. The van der Waals surface area contributed by atoms with Crippen LogP contribution in [0.1, 0.15) is 0 Å². The SMILES string of the molecule is c1ccc(-c2ccc3c(c2)c2c(-c4cccc(N(c5ccc(-c6ccc(-c7cccc8ccccc78)cc6)cc5)c5ccc(-c6ccc7ccccc7c6)cc5)c4)cccc2n3-c2ccccc2)cc1. The van der Waals surface area contributed by atoms with Gasteiger partial charge in [-0.2, -0.15) is 0 Å². The summed E-state index contributed by atoms with van der Waals surface area (Å²) in [5, 5.41) is 7.47. The van der Waals surface area contributed by atoms with Gasteiger partial charge in [0.1, 0.15) is 0 Å². The maximum atomic E-state index is 2.41. The summed E-state index contributed by atoms with van der Waals surface area (Å²) in [7, 11) is 0. The monoisotopic (exact) mass is 890 g/mol. The standard InChI is InChI=1S/C68H46N2/c1-3-14-47(15-4-1)56-38-43-66-65(46-56)68-64(26-13-27-67(68)70(66)58-21-5-2-6-22-58)57-20-11-23-61(45-57)69(60-41-36-51(37-42-60)55-33-30-48-16-7-8-18-54(48)44-55)59-39-34-50(35-40-59)49-28-31-53(32-29-49)63-25-12-19-52-17-9-10-24-62(52)63/h1-46H. The molecule has 0 atom stereocenters. The molecule has 0 amide bonds. The van der Waals surface area contributed by atoms with E-state index in [1.165, 1.54) is 93.4 Å². The zero-order valence-corrected chi connectivity index (χ0v) is 38.5. The van der Waals surface area contributed by atoms with Crippen molar-refractivity contribution < 1.29 is 0 Å². The summed E-state index contributed by atoms with van der Waals surface area (Å²) in [5.74, 6) is 0. The minimum atomic E-state index is 1.08. The van der Waals surface area contributed by atoms with Gasteiger partial charge in [-0.3, -0.25) is 0 Å². The first-order valence-corrected chi connectivity index (χ1v) is 24.1. The number of hydrogen-bond donors (Lipinski definition) is 0. The van der Waals surface area contributed by atoms with E-state index >= 15 is 0 Å². The summed E-state index contributed by atoms with van der Waals surface area (Å²) in [6.07, 6.45) is 0. The van der Waals surface area contributed by atoms with Crippen molar-refractivity contribution in [2.75, 3.05) is 4.90 Å². The molecule has 12 aromatic carbocycles. The molecule has 0 saturated carbocycles. The first-order chi connectivity index (χ1) is 34.7. The molecule has 0 aliphatic rings. The summed E-state index contributed by atoms with van der Waals surface area (Å²) in [6.45, 7) is 0. The van der Waals surface area contributed by atoms with Crippen LogP contribution in [0.25, 0.3) is 105 Å². The average molecular weight is 891 g/mol. The molecule has 328 valence electrons. The van der Waals surface area contributed by atoms with Crippen molar-refractivity contribution in [2.45, 2.75) is 0 Å². The van der Waals surface area contributed by atoms with E-state index in [9.17, 15) is 0 Å². The Morgan fingerprint density at radius 1 is 0.243 bits per heavy atom. The van der Waals surface area contributed by atoms with Crippen molar-refractivity contribution in [2.24, 2.45) is 0 Å². The Kier molecular flexibility index (Phi) is 10.2. The minimum absolute atomic E-state index is 1.08. The van der Waals surface area contributed by atoms with Crippen molar-refractivity contribution in [3.05, 3.63) is 279 Å². The molecule has 0 spiro atoms. The molecule has 0 saturated heterocycles. The van der Waals surface area contributed by atoms with Crippen LogP contribution in [0.2, 0.25) is 0 Å². The number of rotatable bonds is 9. The third kappa shape index (κ3) is 7.40. The quantitative estimate of drug-likeness (QED) is 0.140. The summed E-state index contributed by atoms with van der Waals surface area (Å²) in [6, 6.07) is 102. The molecular formula is C68H46N2. The lowest BCUT2D eigenvalue weighted by Gasteiger charge is -2.26. The summed E-state index contributed by atoms with van der Waals surface area (Å²) in [4.78, 5) is 2.39. The number of anilines is 3. The van der Waals surface area contributed by atoms with E-state index in [4.69, 9.17) is 0 Å². The molecule has 13 aromatic rings. The molecule has 0 N–H and O–H groups in total. The highest BCUT2D eigenvalue weighted by molar-refractivity contribution is 6.17. The molecule has 1 aromatic heterocycles. The summed E-state index contributed by atoms with van der Waals surface area (Å²) >= 11 is 0. The van der Waals surface area contributed by atoms with Gasteiger partial charge in [0.05, 0.1) is 11.0 Å². The fourth-order valence-electron chi connectivity index (χ4n) is 10.5. The molecule has 2 nitrogen and oxygen atoms in total. The molecule has 0 bridgehead atoms. The molecule has 0 radical (unpaired) electrons. The highest BCUT2D eigenvalue weighted by Crippen LogP contribution is 2.43. The topological polar surface area (TPSA) is 8.17 Å². The third-order valence-corrected chi connectivity index (χ3v) is 14.0. The summed E-state index contributed by atoms with van der Waals surface area (Å²) < 4.78 is 2.41. The first-order valence-electron chi connectivity index (χ1n) is 24.1. The number of benzene rings is 12. The van der Waals surface area contributed by atoms with Crippen LogP contribution in [0.15, 0.2) is 279 Å². The number of aromatic nitrogens is 1. The Morgan fingerprint density at radius 3 is 1.51 bits per heavy atom. The molecule has 0 aliphatic carbocycles. The van der Waals surface area contributed by atoms with Crippen molar-refractivity contribution in [3.63, 3.8) is 0 Å². The maximum absolute atomic E-state index is 2.41. The molecule has 0 fully saturated rings. The Balaban J connectivity index is 0.923. The molecule has 2 heteroatoms. The number of fused-ring (bicyclic) bond motifs is 5. The molecule has 1 heterocycles. The normalized spacial score (nSPS) is 11.4. The predicted molar refractivity (Wildman–Crippen MR) is 298 cm³/mol. The van der Waals surface area contributed by atoms with E-state index in [1.807, 2.05) is 0 Å². The zero-order valence-electron chi connectivity index (χ0n) is 38.5. The van der Waals surface area contributed by atoms with E-state index in [0.29, 0.717) is 0 Å². The van der Waals surface area contributed by atoms with Crippen LogP contribution < -0.4 is 4.90 Å². The molecule has 0 aliphatic heterocycles. The van der Waals surface area contributed by atoms with Gasteiger partial charge in [-0.15, -0.1) is 0 Å². The van der Waals surface area contributed by atoms with Gasteiger partial charge >= 0.3 is 0 Å². The number of para-hydroxylation sites is 1. The van der Waals surface area contributed by atoms with Crippen LogP contribution >= 0.6 is 0 Å². The van der Waals surface area contributed by atoms with Gasteiger partial charge in [0.25, 0.3) is 0 Å². The van der Waals surface area contributed by atoms with Crippen LogP contribution in [0.5, 0.6) is 0 Å². The second-order valence-corrected chi connectivity index (χ2v) is 18.1. The van der Waals surface area contributed by atoms with E-state index in [2.05, 4.69) is 289 Å². The van der Waals surface area contributed by atoms with Crippen LogP contribution in [0, 0.1) is 0 Å². The number of nitrogens with zero attached hydrogens (tertiary/aromatic N) is 2. The van der Waals surface area contributed by atoms with E-state index in [0.717, 1.165) is 28.3 Å². The van der Waals surface area contributed by atoms with Crippen LogP contribution in [-0.2, 0) is 0 Å². The lowest BCUT2D eigenvalue weighted by atomic mass is 9.96. The predicted octanol–water partition coefficient (Wildman–Crippen LogP) is 18.9. The van der Waals surface area contributed by atoms with Gasteiger partial charge in [0, 0.05) is 33.5 Å². The first kappa shape index (κ1) is 41.0. The largest absolute Gasteiger partial charge is 0.310 e. The Bertz CT molecular complexity index is 4010. The fraction of sp³-hybridized carbons (Fsp3) is 0. The Labute approximate surface area is 408 Å². The van der Waals surface area contributed by atoms with Crippen LogP contribution in [-0.4, -0.2) is 4.57 Å².